The van der Waals surface area contributed by atoms with Crippen LogP contribution in [0.4, 0.5) is 0 Å². The normalized spacial score (nSPS) is 18.2. The number of likely N-dealkylation sites (tertiary alicyclic amines) is 1. The van der Waals surface area contributed by atoms with Gasteiger partial charge < -0.3 is 15.0 Å². The van der Waals surface area contributed by atoms with Crippen molar-refractivity contribution in [2.24, 2.45) is 5.92 Å². The largest absolute Gasteiger partial charge is 0.469 e. The van der Waals surface area contributed by atoms with E-state index < -0.39 is 0 Å². The van der Waals surface area contributed by atoms with Crippen molar-refractivity contribution in [1.82, 2.24) is 10.2 Å². The van der Waals surface area contributed by atoms with Crippen LogP contribution in [0.3, 0.4) is 0 Å². The van der Waals surface area contributed by atoms with E-state index in [-0.39, 0.29) is 5.97 Å². The summed E-state index contributed by atoms with van der Waals surface area (Å²) in [6.45, 7) is 8.91. The third-order valence-electron chi connectivity index (χ3n) is 3.60. The molecule has 0 atom stereocenters. The van der Waals surface area contributed by atoms with Crippen LogP contribution in [-0.2, 0) is 9.53 Å². The number of hydrogen-bond acceptors (Lipinski definition) is 4. The van der Waals surface area contributed by atoms with Gasteiger partial charge in [-0.25, -0.2) is 0 Å². The van der Waals surface area contributed by atoms with E-state index in [1.54, 1.807) is 0 Å². The lowest BCUT2D eigenvalue weighted by Crippen LogP contribution is -2.39. The minimum Gasteiger partial charge on any atom is -0.469 e. The van der Waals surface area contributed by atoms with Crippen molar-refractivity contribution in [3.63, 3.8) is 0 Å². The zero-order valence-corrected chi connectivity index (χ0v) is 12.1. The minimum atomic E-state index is -0.0916. The van der Waals surface area contributed by atoms with Gasteiger partial charge in [0.2, 0.25) is 0 Å². The van der Waals surface area contributed by atoms with Crippen molar-refractivity contribution in [3.05, 3.63) is 0 Å². The molecule has 4 heteroatoms. The van der Waals surface area contributed by atoms with Crippen molar-refractivity contribution in [2.75, 3.05) is 33.3 Å². The summed E-state index contributed by atoms with van der Waals surface area (Å²) in [7, 11) is 1.45. The molecule has 0 aromatic carbocycles. The van der Waals surface area contributed by atoms with Crippen molar-refractivity contribution >= 4 is 5.97 Å². The molecule has 1 N–H and O–H groups in total. The van der Waals surface area contributed by atoms with Gasteiger partial charge in [-0.2, -0.15) is 0 Å². The van der Waals surface area contributed by atoms with Gasteiger partial charge in [0, 0.05) is 12.5 Å². The molecule has 0 aliphatic carbocycles. The number of nitrogens with one attached hydrogen (secondary N) is 1. The van der Waals surface area contributed by atoms with E-state index >= 15 is 0 Å². The number of esters is 1. The number of nitrogens with zero attached hydrogens (tertiary/aromatic N) is 1. The molecule has 1 fully saturated rings. The molecule has 0 aromatic rings. The lowest BCUT2D eigenvalue weighted by Gasteiger charge is -2.32. The van der Waals surface area contributed by atoms with Gasteiger partial charge in [-0.3, -0.25) is 4.79 Å². The first-order chi connectivity index (χ1) is 8.61. The molecular weight excluding hydrogens is 228 g/mol. The number of ether oxygens (including phenoxy) is 1. The third kappa shape index (κ3) is 6.36. The van der Waals surface area contributed by atoms with Crippen LogP contribution in [0.25, 0.3) is 0 Å². The van der Waals surface area contributed by atoms with E-state index in [2.05, 4.69) is 28.8 Å². The smallest absolute Gasteiger partial charge is 0.305 e. The topological polar surface area (TPSA) is 41.6 Å². The Morgan fingerprint density at radius 2 is 2.06 bits per heavy atom. The zero-order chi connectivity index (χ0) is 13.4. The van der Waals surface area contributed by atoms with Crippen LogP contribution in [0.2, 0.25) is 0 Å². The number of rotatable bonds is 7. The maximum Gasteiger partial charge on any atom is 0.305 e. The Morgan fingerprint density at radius 1 is 1.39 bits per heavy atom. The molecule has 1 rings (SSSR count). The first kappa shape index (κ1) is 15.4. The number of methoxy groups -OCH3 is 1. The molecule has 18 heavy (non-hydrogen) atoms. The Kier molecular flexibility index (Phi) is 7.28. The SMILES string of the molecule is COC(=O)CCCN1CCC(CNC(C)C)CC1. The highest BCUT2D eigenvalue weighted by Gasteiger charge is 2.18. The van der Waals surface area contributed by atoms with Gasteiger partial charge in [-0.15, -0.1) is 0 Å². The third-order valence-corrected chi connectivity index (χ3v) is 3.60. The number of hydrogen-bond donors (Lipinski definition) is 1. The van der Waals surface area contributed by atoms with Crippen LogP contribution >= 0.6 is 0 Å². The van der Waals surface area contributed by atoms with Crippen LogP contribution < -0.4 is 5.32 Å². The maximum atomic E-state index is 11.0. The molecule has 106 valence electrons. The second-order valence-corrected chi connectivity index (χ2v) is 5.53. The van der Waals surface area contributed by atoms with Gasteiger partial charge in [0.05, 0.1) is 7.11 Å². The van der Waals surface area contributed by atoms with Crippen molar-refractivity contribution in [1.29, 1.82) is 0 Å². The molecule has 4 nitrogen and oxygen atoms in total. The van der Waals surface area contributed by atoms with Crippen LogP contribution in [0.1, 0.15) is 39.5 Å². The summed E-state index contributed by atoms with van der Waals surface area (Å²) in [6.07, 6.45) is 4.02. The van der Waals surface area contributed by atoms with Crippen LogP contribution in [0, 0.1) is 5.92 Å². The quantitative estimate of drug-likeness (QED) is 0.703. The summed E-state index contributed by atoms with van der Waals surface area (Å²) in [5, 5.41) is 3.52. The minimum absolute atomic E-state index is 0.0916. The fourth-order valence-corrected chi connectivity index (χ4v) is 2.37. The van der Waals surface area contributed by atoms with Crippen LogP contribution in [-0.4, -0.2) is 50.2 Å². The summed E-state index contributed by atoms with van der Waals surface area (Å²) >= 11 is 0. The maximum absolute atomic E-state index is 11.0. The summed E-state index contributed by atoms with van der Waals surface area (Å²) in [4.78, 5) is 13.5. The van der Waals surface area contributed by atoms with E-state index in [1.165, 1.54) is 33.0 Å². The summed E-state index contributed by atoms with van der Waals surface area (Å²) in [6, 6.07) is 0.586. The van der Waals surface area contributed by atoms with E-state index in [0.717, 1.165) is 25.4 Å². The average Bonchev–Trinajstić information content (AvgIpc) is 2.37. The molecule has 0 amide bonds. The highest BCUT2D eigenvalue weighted by Crippen LogP contribution is 2.16. The fraction of sp³-hybridized carbons (Fsp3) is 0.929. The predicted octanol–water partition coefficient (Wildman–Crippen LogP) is 1.65. The van der Waals surface area contributed by atoms with Crippen LogP contribution in [0.15, 0.2) is 0 Å². The first-order valence-electron chi connectivity index (χ1n) is 7.14. The molecule has 0 unspecified atom stereocenters. The first-order valence-corrected chi connectivity index (χ1v) is 7.14. The molecule has 1 aliphatic heterocycles. The van der Waals surface area contributed by atoms with Gasteiger partial charge in [0.15, 0.2) is 0 Å². The Morgan fingerprint density at radius 3 is 2.61 bits per heavy atom. The Labute approximate surface area is 111 Å². The molecule has 1 heterocycles. The number of carbonyl (C=O) groups is 1. The molecule has 0 aromatic heterocycles. The molecule has 0 saturated carbocycles. The monoisotopic (exact) mass is 256 g/mol. The van der Waals surface area contributed by atoms with Crippen LogP contribution in [0.5, 0.6) is 0 Å². The van der Waals surface area contributed by atoms with Crippen molar-refractivity contribution in [3.8, 4) is 0 Å². The second-order valence-electron chi connectivity index (χ2n) is 5.53. The summed E-state index contributed by atoms with van der Waals surface area (Å²) in [5.74, 6) is 0.732. The molecule has 1 saturated heterocycles. The Balaban J connectivity index is 2.06. The van der Waals surface area contributed by atoms with E-state index in [0.29, 0.717) is 12.5 Å². The van der Waals surface area contributed by atoms with Gasteiger partial charge in [0.25, 0.3) is 0 Å². The lowest BCUT2D eigenvalue weighted by molar-refractivity contribution is -0.140. The van der Waals surface area contributed by atoms with E-state index in [1.807, 2.05) is 0 Å². The standard InChI is InChI=1S/C14H28N2O2/c1-12(2)15-11-13-6-9-16(10-7-13)8-4-5-14(17)18-3/h12-13,15H,4-11H2,1-3H3. The predicted molar refractivity (Wildman–Crippen MR) is 73.6 cm³/mol. The Hall–Kier alpha value is -0.610. The molecular formula is C14H28N2O2. The van der Waals surface area contributed by atoms with E-state index in [9.17, 15) is 4.79 Å². The van der Waals surface area contributed by atoms with Gasteiger partial charge in [-0.05, 0) is 51.4 Å². The van der Waals surface area contributed by atoms with Crippen molar-refractivity contribution in [2.45, 2.75) is 45.6 Å². The Bertz CT molecular complexity index is 236. The van der Waals surface area contributed by atoms with Gasteiger partial charge >= 0.3 is 5.97 Å². The molecule has 0 radical (unpaired) electrons. The van der Waals surface area contributed by atoms with Gasteiger partial charge in [0.1, 0.15) is 0 Å². The summed E-state index contributed by atoms with van der Waals surface area (Å²) in [5.41, 5.74) is 0. The number of piperidine rings is 1. The van der Waals surface area contributed by atoms with Crippen molar-refractivity contribution < 1.29 is 9.53 Å². The van der Waals surface area contributed by atoms with E-state index in [4.69, 9.17) is 0 Å². The average molecular weight is 256 g/mol. The van der Waals surface area contributed by atoms with Gasteiger partial charge in [-0.1, -0.05) is 13.8 Å². The fourth-order valence-electron chi connectivity index (χ4n) is 2.37. The zero-order valence-electron chi connectivity index (χ0n) is 12.1. The highest BCUT2D eigenvalue weighted by molar-refractivity contribution is 5.69. The number of carbonyl (C=O) groups excluding carboxylic acids is 1. The molecule has 0 spiro atoms. The molecule has 1 aliphatic rings. The summed E-state index contributed by atoms with van der Waals surface area (Å²) < 4.78 is 4.65. The lowest BCUT2D eigenvalue weighted by atomic mass is 9.96. The highest BCUT2D eigenvalue weighted by atomic mass is 16.5. The second kappa shape index (κ2) is 8.48. The molecule has 0 bridgehead atoms.